The van der Waals surface area contributed by atoms with Crippen LogP contribution in [-0.4, -0.2) is 35.3 Å². The molecule has 1 rings (SSSR count). The lowest BCUT2D eigenvalue weighted by Gasteiger charge is -2.45. The van der Waals surface area contributed by atoms with Crippen LogP contribution in [-0.2, 0) is 14.3 Å². The fraction of sp³-hybridized carbons (Fsp3) is 0.818. The lowest BCUT2D eigenvalue weighted by atomic mass is 9.83. The molecule has 1 fully saturated rings. The summed E-state index contributed by atoms with van der Waals surface area (Å²) >= 11 is 0. The molecular formula is C11H18N2O3. The molecule has 0 aromatic rings. The molecule has 0 bridgehead atoms. The van der Waals surface area contributed by atoms with E-state index in [0.717, 1.165) is 6.21 Å². The highest BCUT2D eigenvalue weighted by molar-refractivity contribution is 6.25. The number of rotatable bonds is 3. The van der Waals surface area contributed by atoms with E-state index in [-0.39, 0.29) is 23.7 Å². The highest BCUT2D eigenvalue weighted by atomic mass is 16.7. The minimum Gasteiger partial charge on any atom is -0.361 e. The zero-order valence-electron chi connectivity index (χ0n) is 10.2. The number of carbonyl (C=O) groups is 1. The lowest BCUT2D eigenvalue weighted by molar-refractivity contribution is -0.311. The molecule has 0 amide bonds. The van der Waals surface area contributed by atoms with Crippen LogP contribution in [0.25, 0.3) is 5.53 Å². The largest absolute Gasteiger partial charge is 0.361 e. The zero-order valence-corrected chi connectivity index (χ0v) is 10.2. The Labute approximate surface area is 95.4 Å². The summed E-state index contributed by atoms with van der Waals surface area (Å²) in [5.41, 5.74) is 8.05. The molecule has 1 aliphatic rings. The van der Waals surface area contributed by atoms with Crippen molar-refractivity contribution in [3.05, 3.63) is 5.53 Å². The van der Waals surface area contributed by atoms with Crippen LogP contribution in [0.5, 0.6) is 0 Å². The Morgan fingerprint density at radius 2 is 2.12 bits per heavy atom. The zero-order chi connectivity index (χ0) is 12.4. The van der Waals surface area contributed by atoms with Gasteiger partial charge in [0.25, 0.3) is 0 Å². The number of nitrogens with zero attached hydrogens (tertiary/aromatic N) is 2. The Balaban J connectivity index is 2.74. The van der Waals surface area contributed by atoms with E-state index in [0.29, 0.717) is 6.61 Å². The Morgan fingerprint density at radius 1 is 1.50 bits per heavy atom. The van der Waals surface area contributed by atoms with Gasteiger partial charge in [0.1, 0.15) is 0 Å². The molecule has 16 heavy (non-hydrogen) atoms. The highest BCUT2D eigenvalue weighted by Gasteiger charge is 2.42. The Kier molecular flexibility index (Phi) is 3.63. The average molecular weight is 226 g/mol. The molecule has 1 unspecified atom stereocenters. The molecule has 0 aromatic carbocycles. The van der Waals surface area contributed by atoms with Crippen molar-refractivity contribution >= 4 is 12.0 Å². The summed E-state index contributed by atoms with van der Waals surface area (Å²) in [4.78, 5) is 14.1. The van der Waals surface area contributed by atoms with Crippen molar-refractivity contribution in [3.8, 4) is 0 Å². The number of Topliss-reactive ketones (excluding diaryl/α,β-unsaturated/α-hetero) is 1. The van der Waals surface area contributed by atoms with Gasteiger partial charge in [0.2, 0.25) is 5.78 Å². The molecule has 0 N–H and O–H groups in total. The maximum Gasteiger partial charge on any atom is 0.323 e. The minimum absolute atomic E-state index is 0.198. The Hall–Kier alpha value is -1.03. The van der Waals surface area contributed by atoms with Gasteiger partial charge in [0, 0.05) is 11.8 Å². The van der Waals surface area contributed by atoms with Crippen LogP contribution in [0.2, 0.25) is 0 Å². The van der Waals surface area contributed by atoms with Gasteiger partial charge in [0.15, 0.2) is 5.79 Å². The molecule has 1 atom stereocenters. The van der Waals surface area contributed by atoms with Crippen LogP contribution in [0.15, 0.2) is 0 Å². The van der Waals surface area contributed by atoms with Crippen molar-refractivity contribution in [2.24, 2.45) is 5.41 Å². The van der Waals surface area contributed by atoms with E-state index in [1.165, 1.54) is 0 Å². The second-order valence-corrected chi connectivity index (χ2v) is 5.20. The Morgan fingerprint density at radius 3 is 2.69 bits per heavy atom. The SMILES string of the molecule is CC1(C)OCC(C)(C)C(CC(=O)C=[N+]=[N-])O1. The van der Waals surface area contributed by atoms with Gasteiger partial charge in [-0.1, -0.05) is 13.8 Å². The van der Waals surface area contributed by atoms with E-state index < -0.39 is 5.79 Å². The lowest BCUT2D eigenvalue weighted by Crippen LogP contribution is -2.51. The number of carbonyl (C=O) groups excluding carboxylic acids is 1. The smallest absolute Gasteiger partial charge is 0.323 e. The maximum atomic E-state index is 11.4. The summed E-state index contributed by atoms with van der Waals surface area (Å²) < 4.78 is 11.3. The second-order valence-electron chi connectivity index (χ2n) is 5.20. The molecule has 5 nitrogen and oxygen atoms in total. The first-order chi connectivity index (χ1) is 7.27. The van der Waals surface area contributed by atoms with Crippen molar-refractivity contribution in [3.63, 3.8) is 0 Å². The van der Waals surface area contributed by atoms with E-state index in [4.69, 9.17) is 15.0 Å². The normalized spacial score (nSPS) is 26.9. The third-order valence-electron chi connectivity index (χ3n) is 2.68. The molecule has 1 aliphatic heterocycles. The second kappa shape index (κ2) is 4.45. The fourth-order valence-electron chi connectivity index (χ4n) is 1.61. The van der Waals surface area contributed by atoms with Crippen LogP contribution in [0, 0.1) is 5.41 Å². The third-order valence-corrected chi connectivity index (χ3v) is 2.68. The van der Waals surface area contributed by atoms with E-state index >= 15 is 0 Å². The van der Waals surface area contributed by atoms with Gasteiger partial charge in [-0.3, -0.25) is 4.79 Å². The predicted molar refractivity (Wildman–Crippen MR) is 58.0 cm³/mol. The summed E-state index contributed by atoms with van der Waals surface area (Å²) in [6.07, 6.45) is 0.868. The van der Waals surface area contributed by atoms with Crippen LogP contribution in [0.1, 0.15) is 34.1 Å². The van der Waals surface area contributed by atoms with Crippen molar-refractivity contribution in [2.75, 3.05) is 6.61 Å². The quantitative estimate of drug-likeness (QED) is 0.415. The van der Waals surface area contributed by atoms with Crippen LogP contribution in [0.3, 0.4) is 0 Å². The van der Waals surface area contributed by atoms with Gasteiger partial charge < -0.3 is 15.0 Å². The number of hydrogen-bond acceptors (Lipinski definition) is 3. The maximum absolute atomic E-state index is 11.4. The molecule has 0 saturated carbocycles. The van der Waals surface area contributed by atoms with Crippen molar-refractivity contribution < 1.29 is 19.1 Å². The van der Waals surface area contributed by atoms with Crippen LogP contribution in [0.4, 0.5) is 0 Å². The number of hydrogen-bond donors (Lipinski definition) is 0. The first-order valence-electron chi connectivity index (χ1n) is 5.29. The summed E-state index contributed by atoms with van der Waals surface area (Å²) in [6, 6.07) is 0. The first kappa shape index (κ1) is 13.0. The molecule has 90 valence electrons. The molecule has 1 heterocycles. The van der Waals surface area contributed by atoms with Crippen molar-refractivity contribution in [1.29, 1.82) is 0 Å². The summed E-state index contributed by atoms with van der Waals surface area (Å²) in [5, 5.41) is 0. The first-order valence-corrected chi connectivity index (χ1v) is 5.29. The van der Waals surface area contributed by atoms with Crippen molar-refractivity contribution in [2.45, 2.75) is 46.0 Å². The van der Waals surface area contributed by atoms with Crippen LogP contribution < -0.4 is 0 Å². The third kappa shape index (κ3) is 3.23. The van der Waals surface area contributed by atoms with Gasteiger partial charge >= 0.3 is 6.21 Å². The molecular weight excluding hydrogens is 208 g/mol. The van der Waals surface area contributed by atoms with Gasteiger partial charge in [-0.2, -0.15) is 4.79 Å². The fourth-order valence-corrected chi connectivity index (χ4v) is 1.61. The predicted octanol–water partition coefficient (Wildman–Crippen LogP) is 1.42. The summed E-state index contributed by atoms with van der Waals surface area (Å²) in [5.74, 6) is -0.921. The average Bonchev–Trinajstić information content (AvgIpc) is 2.12. The minimum atomic E-state index is -0.670. The molecule has 0 radical (unpaired) electrons. The highest BCUT2D eigenvalue weighted by Crippen LogP contribution is 2.36. The standard InChI is InChI=1S/C11H18N2O3/c1-10(2)7-15-11(3,4)16-9(10)5-8(14)6-13-12/h6,9H,5,7H2,1-4H3. The van der Waals surface area contributed by atoms with E-state index in [1.807, 2.05) is 27.7 Å². The molecule has 0 spiro atoms. The topological polar surface area (TPSA) is 71.9 Å². The summed E-state index contributed by atoms with van der Waals surface area (Å²) in [7, 11) is 0. The number of ketones is 1. The van der Waals surface area contributed by atoms with Gasteiger partial charge in [-0.15, -0.1) is 0 Å². The number of ether oxygens (including phenoxy) is 2. The van der Waals surface area contributed by atoms with Crippen LogP contribution >= 0.6 is 0 Å². The molecule has 0 aliphatic carbocycles. The molecule has 1 saturated heterocycles. The summed E-state index contributed by atoms with van der Waals surface area (Å²) in [6.45, 7) is 8.14. The molecule has 5 heteroatoms. The van der Waals surface area contributed by atoms with Crippen molar-refractivity contribution in [1.82, 2.24) is 0 Å². The van der Waals surface area contributed by atoms with E-state index in [1.54, 1.807) is 0 Å². The van der Waals surface area contributed by atoms with Gasteiger partial charge in [-0.05, 0) is 13.8 Å². The van der Waals surface area contributed by atoms with E-state index in [2.05, 4.69) is 4.79 Å². The van der Waals surface area contributed by atoms with Gasteiger partial charge in [-0.25, -0.2) is 0 Å². The van der Waals surface area contributed by atoms with E-state index in [9.17, 15) is 4.79 Å². The molecule has 0 aromatic heterocycles. The van der Waals surface area contributed by atoms with Gasteiger partial charge in [0.05, 0.1) is 12.7 Å². The Bertz CT molecular complexity index is 330. The monoisotopic (exact) mass is 226 g/mol.